The first-order valence-electron chi connectivity index (χ1n) is 6.14. The number of aromatic nitrogens is 1. The molecule has 2 rings (SSSR count). The first-order valence-corrected chi connectivity index (χ1v) is 8.03. The minimum Gasteiger partial charge on any atom is -0.324 e. The monoisotopic (exact) mass is 283 g/mol. The molecule has 1 amide bonds. The van der Waals surface area contributed by atoms with E-state index in [0.29, 0.717) is 12.2 Å². The molecule has 1 saturated heterocycles. The molecule has 1 aromatic heterocycles. The molecule has 7 heteroatoms. The molecule has 0 aromatic carbocycles. The van der Waals surface area contributed by atoms with Gasteiger partial charge in [0.15, 0.2) is 14.9 Å². The van der Waals surface area contributed by atoms with Crippen molar-refractivity contribution in [2.45, 2.75) is 17.9 Å². The number of hydrogen-bond acceptors (Lipinski definition) is 5. The van der Waals surface area contributed by atoms with Gasteiger partial charge in [-0.2, -0.15) is 0 Å². The number of carbonyl (C=O) groups excluding carboxylic acids is 1. The molecule has 0 bridgehead atoms. The van der Waals surface area contributed by atoms with Crippen LogP contribution in [0.3, 0.4) is 0 Å². The second-order valence-corrected chi connectivity index (χ2v) is 6.65. The summed E-state index contributed by atoms with van der Waals surface area (Å²) in [7, 11) is -3.30. The molecule has 1 aliphatic heterocycles. The molecule has 1 fully saturated rings. The smallest absolute Gasteiger partial charge is 0.228 e. The van der Waals surface area contributed by atoms with Crippen LogP contribution in [-0.4, -0.2) is 38.7 Å². The Morgan fingerprint density at radius 3 is 2.79 bits per heavy atom. The summed E-state index contributed by atoms with van der Waals surface area (Å²) in [6.07, 6.45) is 4.32. The zero-order valence-electron chi connectivity index (χ0n) is 10.7. The molecule has 19 heavy (non-hydrogen) atoms. The lowest BCUT2D eigenvalue weighted by molar-refractivity contribution is -0.120. The van der Waals surface area contributed by atoms with Crippen molar-refractivity contribution in [1.82, 2.24) is 10.3 Å². The number of hydrogen-bond donors (Lipinski definition) is 2. The normalized spacial score (nSPS) is 19.9. The molecular formula is C12H17N3O3S. The molecule has 2 heterocycles. The Morgan fingerprint density at radius 2 is 2.26 bits per heavy atom. The summed E-state index contributed by atoms with van der Waals surface area (Å²) in [5.41, 5.74) is 0.517. The Labute approximate surface area is 112 Å². The first-order chi connectivity index (χ1) is 8.97. The van der Waals surface area contributed by atoms with E-state index in [9.17, 15) is 13.2 Å². The van der Waals surface area contributed by atoms with Crippen LogP contribution >= 0.6 is 0 Å². The molecule has 104 valence electrons. The number of nitrogens with zero attached hydrogens (tertiary/aromatic N) is 1. The van der Waals surface area contributed by atoms with Crippen LogP contribution in [0.5, 0.6) is 0 Å². The van der Waals surface area contributed by atoms with Crippen LogP contribution in [0.15, 0.2) is 23.4 Å². The van der Waals surface area contributed by atoms with Crippen LogP contribution in [0.2, 0.25) is 0 Å². The van der Waals surface area contributed by atoms with E-state index in [4.69, 9.17) is 0 Å². The van der Waals surface area contributed by atoms with Crippen molar-refractivity contribution < 1.29 is 13.2 Å². The third kappa shape index (κ3) is 3.74. The fraction of sp³-hybridized carbons (Fsp3) is 0.500. The highest BCUT2D eigenvalue weighted by atomic mass is 32.2. The van der Waals surface area contributed by atoms with Crippen molar-refractivity contribution in [3.05, 3.63) is 18.3 Å². The third-order valence-corrected chi connectivity index (χ3v) is 4.05. The van der Waals surface area contributed by atoms with Crippen molar-refractivity contribution in [3.8, 4) is 0 Å². The highest BCUT2D eigenvalue weighted by molar-refractivity contribution is 7.90. The predicted molar refractivity (Wildman–Crippen MR) is 71.6 cm³/mol. The van der Waals surface area contributed by atoms with E-state index in [-0.39, 0.29) is 16.9 Å². The summed E-state index contributed by atoms with van der Waals surface area (Å²) >= 11 is 0. The van der Waals surface area contributed by atoms with Gasteiger partial charge in [0.1, 0.15) is 0 Å². The van der Waals surface area contributed by atoms with Gasteiger partial charge in [-0.15, -0.1) is 0 Å². The molecule has 0 radical (unpaired) electrons. The van der Waals surface area contributed by atoms with E-state index in [1.54, 1.807) is 6.07 Å². The van der Waals surface area contributed by atoms with Crippen molar-refractivity contribution in [2.75, 3.05) is 24.7 Å². The van der Waals surface area contributed by atoms with Crippen LogP contribution in [0.25, 0.3) is 0 Å². The number of amides is 1. The average Bonchev–Trinajstić information content (AvgIpc) is 2.39. The number of rotatable bonds is 3. The lowest BCUT2D eigenvalue weighted by Crippen LogP contribution is -2.37. The van der Waals surface area contributed by atoms with Gasteiger partial charge in [-0.3, -0.25) is 4.79 Å². The molecule has 1 aliphatic rings. The number of piperidine rings is 1. The molecule has 2 N–H and O–H groups in total. The Hall–Kier alpha value is -1.47. The maximum atomic E-state index is 12.0. The van der Waals surface area contributed by atoms with Crippen molar-refractivity contribution in [2.24, 2.45) is 5.92 Å². The molecule has 1 aromatic rings. The van der Waals surface area contributed by atoms with Crippen LogP contribution in [-0.2, 0) is 14.6 Å². The SMILES string of the molecule is CS(=O)(=O)c1ccc(NC(=O)C2CCCNC2)cn1. The van der Waals surface area contributed by atoms with E-state index >= 15 is 0 Å². The van der Waals surface area contributed by atoms with Crippen molar-refractivity contribution in [3.63, 3.8) is 0 Å². The maximum Gasteiger partial charge on any atom is 0.228 e. The molecular weight excluding hydrogens is 266 g/mol. The number of sulfone groups is 1. The molecule has 1 atom stereocenters. The van der Waals surface area contributed by atoms with E-state index in [2.05, 4.69) is 15.6 Å². The van der Waals surface area contributed by atoms with Gasteiger partial charge in [-0.1, -0.05) is 0 Å². The van der Waals surface area contributed by atoms with Gasteiger partial charge in [0, 0.05) is 12.8 Å². The largest absolute Gasteiger partial charge is 0.324 e. The molecule has 1 unspecified atom stereocenters. The summed E-state index contributed by atoms with van der Waals surface area (Å²) in [6.45, 7) is 1.63. The van der Waals surface area contributed by atoms with Crippen LogP contribution in [0.4, 0.5) is 5.69 Å². The minimum absolute atomic E-state index is 0.00447. The van der Waals surface area contributed by atoms with Gasteiger partial charge in [0.2, 0.25) is 5.91 Å². The molecule has 0 spiro atoms. The zero-order valence-corrected chi connectivity index (χ0v) is 11.5. The highest BCUT2D eigenvalue weighted by Crippen LogP contribution is 2.15. The lowest BCUT2D eigenvalue weighted by atomic mass is 9.99. The zero-order chi connectivity index (χ0) is 13.9. The highest BCUT2D eigenvalue weighted by Gasteiger charge is 2.21. The van der Waals surface area contributed by atoms with Crippen molar-refractivity contribution in [1.29, 1.82) is 0 Å². The second-order valence-electron chi connectivity index (χ2n) is 4.69. The number of carbonyl (C=O) groups is 1. The van der Waals surface area contributed by atoms with Gasteiger partial charge in [0.25, 0.3) is 0 Å². The molecule has 0 saturated carbocycles. The average molecular weight is 283 g/mol. The second kappa shape index (κ2) is 5.66. The van der Waals surface area contributed by atoms with E-state index < -0.39 is 9.84 Å². The van der Waals surface area contributed by atoms with Crippen LogP contribution in [0, 0.1) is 5.92 Å². The van der Waals surface area contributed by atoms with E-state index in [1.165, 1.54) is 12.3 Å². The predicted octanol–water partition coefficient (Wildman–Crippen LogP) is 0.423. The lowest BCUT2D eigenvalue weighted by Gasteiger charge is -2.21. The number of pyridine rings is 1. The maximum absolute atomic E-state index is 12.0. The van der Waals surface area contributed by atoms with E-state index in [1.807, 2.05) is 0 Å². The minimum atomic E-state index is -3.30. The number of nitrogens with one attached hydrogen (secondary N) is 2. The van der Waals surface area contributed by atoms with Crippen molar-refractivity contribution >= 4 is 21.4 Å². The van der Waals surface area contributed by atoms with Gasteiger partial charge in [-0.05, 0) is 31.5 Å². The summed E-state index contributed by atoms with van der Waals surface area (Å²) in [4.78, 5) is 15.8. The Balaban J connectivity index is 2.01. The van der Waals surface area contributed by atoms with Gasteiger partial charge in [0.05, 0.1) is 17.8 Å². The summed E-state index contributed by atoms with van der Waals surface area (Å²) in [5.74, 6) is -0.0931. The quantitative estimate of drug-likeness (QED) is 0.839. The summed E-state index contributed by atoms with van der Waals surface area (Å²) in [6, 6.07) is 2.95. The van der Waals surface area contributed by atoms with Crippen LogP contribution < -0.4 is 10.6 Å². The Kier molecular flexibility index (Phi) is 4.16. The van der Waals surface area contributed by atoms with Gasteiger partial charge >= 0.3 is 0 Å². The third-order valence-electron chi connectivity index (χ3n) is 3.05. The Morgan fingerprint density at radius 1 is 1.47 bits per heavy atom. The number of anilines is 1. The summed E-state index contributed by atoms with van der Waals surface area (Å²) in [5, 5.41) is 5.93. The van der Waals surface area contributed by atoms with Crippen LogP contribution in [0.1, 0.15) is 12.8 Å². The first kappa shape index (κ1) is 14.0. The fourth-order valence-electron chi connectivity index (χ4n) is 1.99. The van der Waals surface area contributed by atoms with Gasteiger partial charge < -0.3 is 10.6 Å². The standard InChI is InChI=1S/C12H17N3O3S/c1-19(17,18)11-5-4-10(8-14-11)15-12(16)9-3-2-6-13-7-9/h4-5,8-9,13H,2-3,6-7H2,1H3,(H,15,16). The van der Waals surface area contributed by atoms with E-state index in [0.717, 1.165) is 25.6 Å². The summed E-state index contributed by atoms with van der Waals surface area (Å²) < 4.78 is 22.5. The fourth-order valence-corrected chi connectivity index (χ4v) is 2.55. The molecule has 6 nitrogen and oxygen atoms in total. The molecule has 0 aliphatic carbocycles. The topological polar surface area (TPSA) is 88.2 Å². The van der Waals surface area contributed by atoms with Gasteiger partial charge in [-0.25, -0.2) is 13.4 Å². The Bertz CT molecular complexity index is 548.